The maximum atomic E-state index is 12.6. The first-order valence-corrected chi connectivity index (χ1v) is 8.68. The molecule has 1 unspecified atom stereocenters. The van der Waals surface area contributed by atoms with Crippen molar-refractivity contribution in [2.75, 3.05) is 18.5 Å². The Balaban J connectivity index is 3.19. The van der Waals surface area contributed by atoms with Gasteiger partial charge in [-0.3, -0.25) is 4.79 Å². The highest BCUT2D eigenvalue weighted by molar-refractivity contribution is 7.89. The highest BCUT2D eigenvalue weighted by Gasteiger charge is 2.55. The van der Waals surface area contributed by atoms with Gasteiger partial charge < -0.3 is 15.5 Å². The molecular weight excluding hydrogens is 412 g/mol. The van der Waals surface area contributed by atoms with Crippen LogP contribution in [-0.2, 0) is 14.8 Å². The fraction of sp³-hybridized carbons (Fsp3) is 0.417. The first kappa shape index (κ1) is 21.9. The van der Waals surface area contributed by atoms with Crippen LogP contribution >= 0.6 is 23.2 Å². The highest BCUT2D eigenvalue weighted by Crippen LogP contribution is 2.37. The van der Waals surface area contributed by atoms with Gasteiger partial charge in [0.2, 0.25) is 15.6 Å². The van der Waals surface area contributed by atoms with Crippen LogP contribution < -0.4 is 10.0 Å². The van der Waals surface area contributed by atoms with E-state index >= 15 is 0 Å². The second-order valence-electron chi connectivity index (χ2n) is 4.88. The summed E-state index contributed by atoms with van der Waals surface area (Å²) in [5, 5.41) is 18.6. The third-order valence-corrected chi connectivity index (χ3v) is 5.48. The molecule has 0 saturated carbocycles. The van der Waals surface area contributed by atoms with Crippen LogP contribution in [0.25, 0.3) is 0 Å². The van der Waals surface area contributed by atoms with Crippen molar-refractivity contribution in [1.82, 2.24) is 4.72 Å². The molecule has 7 nitrogen and oxygen atoms in total. The maximum Gasteiger partial charge on any atom is 0.426 e. The van der Waals surface area contributed by atoms with Crippen LogP contribution in [0.1, 0.15) is 6.92 Å². The molecule has 0 heterocycles. The molecular formula is C12H13Cl2F3N2O5S. The zero-order valence-corrected chi connectivity index (χ0v) is 14.8. The molecule has 0 bridgehead atoms. The molecule has 0 radical (unpaired) electrons. The zero-order chi connectivity index (χ0) is 19.6. The van der Waals surface area contributed by atoms with Crippen molar-refractivity contribution in [3.8, 4) is 0 Å². The Morgan fingerprint density at radius 2 is 1.80 bits per heavy atom. The van der Waals surface area contributed by atoms with Crippen LogP contribution in [0, 0.1) is 0 Å². The molecule has 1 atom stereocenters. The monoisotopic (exact) mass is 424 g/mol. The minimum atomic E-state index is -5.25. The van der Waals surface area contributed by atoms with Gasteiger partial charge >= 0.3 is 6.18 Å². The molecule has 142 valence electrons. The molecule has 0 fully saturated rings. The van der Waals surface area contributed by atoms with E-state index in [4.69, 9.17) is 28.3 Å². The van der Waals surface area contributed by atoms with Gasteiger partial charge in [0.1, 0.15) is 4.90 Å². The van der Waals surface area contributed by atoms with Gasteiger partial charge in [0, 0.05) is 6.54 Å². The number of halogens is 5. The van der Waals surface area contributed by atoms with Crippen LogP contribution in [-0.4, -0.2) is 49.5 Å². The number of aliphatic hydroxyl groups excluding tert-OH is 1. The van der Waals surface area contributed by atoms with Gasteiger partial charge in [-0.25, -0.2) is 13.1 Å². The topological polar surface area (TPSA) is 116 Å². The van der Waals surface area contributed by atoms with Gasteiger partial charge in [-0.15, -0.1) is 0 Å². The van der Waals surface area contributed by atoms with Crippen molar-refractivity contribution < 1.29 is 36.6 Å². The lowest BCUT2D eigenvalue weighted by molar-refractivity contribution is -0.242. The van der Waals surface area contributed by atoms with Crippen molar-refractivity contribution >= 4 is 44.8 Å². The number of carbonyl (C=O) groups excluding carboxylic acids is 1. The fourth-order valence-electron chi connectivity index (χ4n) is 1.47. The number of nitrogens with one attached hydrogen (secondary N) is 2. The van der Waals surface area contributed by atoms with Crippen LogP contribution in [0.3, 0.4) is 0 Å². The molecule has 0 aromatic heterocycles. The summed E-state index contributed by atoms with van der Waals surface area (Å²) in [6.07, 6.45) is -5.25. The summed E-state index contributed by atoms with van der Waals surface area (Å²) in [5.41, 5.74) is -4.13. The van der Waals surface area contributed by atoms with E-state index in [1.165, 1.54) is 0 Å². The van der Waals surface area contributed by atoms with E-state index in [0.29, 0.717) is 0 Å². The Hall–Kier alpha value is -1.11. The summed E-state index contributed by atoms with van der Waals surface area (Å²) in [4.78, 5) is 11.1. The van der Waals surface area contributed by atoms with Crippen LogP contribution in [0.4, 0.5) is 18.9 Å². The smallest absolute Gasteiger partial charge is 0.395 e. The highest BCUT2D eigenvalue weighted by atomic mass is 35.5. The van der Waals surface area contributed by atoms with Crippen molar-refractivity contribution in [2.45, 2.75) is 23.6 Å². The molecule has 1 aromatic rings. The van der Waals surface area contributed by atoms with E-state index in [1.807, 2.05) is 4.72 Å². The van der Waals surface area contributed by atoms with Gasteiger partial charge in [-0.05, 0) is 19.1 Å². The number of carbonyl (C=O) groups is 1. The Morgan fingerprint density at radius 1 is 1.24 bits per heavy atom. The standard InChI is InChI=1S/C12H13Cl2F3N2O5S/c1-11(22,12(15,16)17)10(21)19-6-2-3-7(9(14)8(6)13)25(23,24)18-4-5-20/h2-3,18,20,22H,4-5H2,1H3,(H,19,21). The minimum absolute atomic E-state index is 0.246. The third kappa shape index (κ3) is 4.74. The lowest BCUT2D eigenvalue weighted by Gasteiger charge is -2.25. The molecule has 4 N–H and O–H groups in total. The van der Waals surface area contributed by atoms with Gasteiger partial charge in [-0.1, -0.05) is 23.2 Å². The zero-order valence-electron chi connectivity index (χ0n) is 12.5. The Kier molecular flexibility index (Phi) is 6.70. The number of benzene rings is 1. The average Bonchev–Trinajstić information content (AvgIpc) is 2.48. The Bertz CT molecular complexity index is 769. The Morgan fingerprint density at radius 3 is 2.28 bits per heavy atom. The quantitative estimate of drug-likeness (QED) is 0.552. The lowest BCUT2D eigenvalue weighted by atomic mass is 10.1. The SMILES string of the molecule is CC(O)(C(=O)Nc1ccc(S(=O)(=O)NCCO)c(Cl)c1Cl)C(F)(F)F. The van der Waals surface area contributed by atoms with Gasteiger partial charge in [-0.2, -0.15) is 13.2 Å². The number of sulfonamides is 1. The summed E-state index contributed by atoms with van der Waals surface area (Å²) in [7, 11) is -4.14. The van der Waals surface area contributed by atoms with E-state index < -0.39 is 54.9 Å². The molecule has 1 rings (SSSR count). The van der Waals surface area contributed by atoms with Crippen molar-refractivity contribution in [1.29, 1.82) is 0 Å². The number of hydrogen-bond donors (Lipinski definition) is 4. The summed E-state index contributed by atoms with van der Waals surface area (Å²) < 4.78 is 63.8. The number of anilines is 1. The van der Waals surface area contributed by atoms with Crippen molar-refractivity contribution in [3.63, 3.8) is 0 Å². The van der Waals surface area contributed by atoms with Crippen LogP contribution in [0.2, 0.25) is 10.0 Å². The molecule has 0 aliphatic carbocycles. The van der Waals surface area contributed by atoms with Gasteiger partial charge in [0.05, 0.1) is 22.3 Å². The molecule has 0 saturated heterocycles. The normalized spacial score (nSPS) is 14.9. The predicted molar refractivity (Wildman–Crippen MR) is 84.0 cm³/mol. The van der Waals surface area contributed by atoms with E-state index in [0.717, 1.165) is 12.1 Å². The van der Waals surface area contributed by atoms with E-state index in [9.17, 15) is 31.5 Å². The van der Waals surface area contributed by atoms with Crippen molar-refractivity contribution in [3.05, 3.63) is 22.2 Å². The number of rotatable bonds is 6. The summed E-state index contributed by atoms with van der Waals surface area (Å²) in [6.45, 7) is -0.538. The van der Waals surface area contributed by atoms with Crippen LogP contribution in [0.15, 0.2) is 17.0 Å². The molecule has 0 spiro atoms. The molecule has 1 aromatic carbocycles. The minimum Gasteiger partial charge on any atom is -0.395 e. The second kappa shape index (κ2) is 7.64. The maximum absolute atomic E-state index is 12.6. The number of aliphatic hydroxyl groups is 2. The van der Waals surface area contributed by atoms with Gasteiger partial charge in [0.25, 0.3) is 5.91 Å². The van der Waals surface area contributed by atoms with E-state index in [1.54, 1.807) is 5.32 Å². The summed E-state index contributed by atoms with van der Waals surface area (Å²) >= 11 is 11.6. The Labute approximate surface area is 150 Å². The third-order valence-electron chi connectivity index (χ3n) is 2.98. The molecule has 0 aliphatic heterocycles. The molecule has 13 heteroatoms. The first-order valence-electron chi connectivity index (χ1n) is 6.44. The predicted octanol–water partition coefficient (Wildman–Crippen LogP) is 1.52. The largest absolute Gasteiger partial charge is 0.426 e. The molecule has 1 amide bonds. The van der Waals surface area contributed by atoms with Crippen molar-refractivity contribution in [2.24, 2.45) is 0 Å². The van der Waals surface area contributed by atoms with E-state index in [2.05, 4.69) is 0 Å². The fourth-order valence-corrected chi connectivity index (χ4v) is 3.30. The van der Waals surface area contributed by atoms with E-state index in [-0.39, 0.29) is 13.5 Å². The second-order valence-corrected chi connectivity index (χ2v) is 7.38. The first-order chi connectivity index (χ1) is 11.3. The number of alkyl halides is 3. The average molecular weight is 425 g/mol. The molecule has 25 heavy (non-hydrogen) atoms. The summed E-state index contributed by atoms with van der Waals surface area (Å²) in [6, 6.07) is 1.80. The van der Waals surface area contributed by atoms with Gasteiger partial charge in [0.15, 0.2) is 0 Å². The molecule has 0 aliphatic rings. The summed E-state index contributed by atoms with van der Waals surface area (Å²) in [5.74, 6) is -1.83. The lowest BCUT2D eigenvalue weighted by Crippen LogP contribution is -2.52. The number of hydrogen-bond acceptors (Lipinski definition) is 5. The number of amides is 1. The van der Waals surface area contributed by atoms with Crippen LogP contribution in [0.5, 0.6) is 0 Å².